The van der Waals surface area contributed by atoms with E-state index in [1.54, 1.807) is 13.0 Å². The van der Waals surface area contributed by atoms with Gasteiger partial charge in [-0.1, -0.05) is 11.3 Å². The number of esters is 1. The van der Waals surface area contributed by atoms with Crippen LogP contribution in [0.1, 0.15) is 30.3 Å². The highest BCUT2D eigenvalue weighted by molar-refractivity contribution is 7.20. The average molecular weight is 252 g/mol. The fourth-order valence-corrected chi connectivity index (χ4v) is 2.37. The first-order chi connectivity index (χ1) is 8.26. The summed E-state index contributed by atoms with van der Waals surface area (Å²) >= 11 is 1.45. The number of hydrogen-bond donors (Lipinski definition) is 1. The van der Waals surface area contributed by atoms with E-state index in [9.17, 15) is 4.79 Å². The van der Waals surface area contributed by atoms with Gasteiger partial charge >= 0.3 is 5.97 Å². The second-order valence-corrected chi connectivity index (χ2v) is 4.91. The lowest BCUT2D eigenvalue weighted by atomic mass is 10.4. The predicted octanol–water partition coefficient (Wildman–Crippen LogP) is 2.34. The number of rotatable bonds is 4. The van der Waals surface area contributed by atoms with Gasteiger partial charge in [-0.3, -0.25) is 0 Å². The molecule has 2 aromatic rings. The summed E-state index contributed by atoms with van der Waals surface area (Å²) in [5.41, 5.74) is 1.13. The zero-order valence-corrected chi connectivity index (χ0v) is 10.2. The van der Waals surface area contributed by atoms with Crippen molar-refractivity contribution >= 4 is 27.7 Å². The van der Waals surface area contributed by atoms with Crippen molar-refractivity contribution in [2.75, 3.05) is 6.61 Å². The van der Waals surface area contributed by atoms with Crippen LogP contribution in [0.3, 0.4) is 0 Å². The van der Waals surface area contributed by atoms with E-state index in [0.29, 0.717) is 29.2 Å². The Bertz CT molecular complexity index is 525. The standard InChI is InChI=1S/C11H12N2O3S/c1-2-15-10(14)7-5-8-9(12-7)13-11(17-8)16-6-3-4-6/h5-6,12H,2-4H2,1H3. The smallest absolute Gasteiger partial charge is 0.354 e. The summed E-state index contributed by atoms with van der Waals surface area (Å²) in [6, 6.07) is 1.75. The van der Waals surface area contributed by atoms with Gasteiger partial charge in [0.15, 0.2) is 5.65 Å². The van der Waals surface area contributed by atoms with Gasteiger partial charge in [0.25, 0.3) is 5.19 Å². The summed E-state index contributed by atoms with van der Waals surface area (Å²) in [6.45, 7) is 2.15. The number of thiazole rings is 1. The Morgan fingerprint density at radius 1 is 1.65 bits per heavy atom. The molecule has 0 unspecified atom stereocenters. The SMILES string of the molecule is CCOC(=O)c1cc2sc(OC3CC3)nc2[nH]1. The monoisotopic (exact) mass is 252 g/mol. The van der Waals surface area contributed by atoms with Crippen molar-refractivity contribution in [2.45, 2.75) is 25.9 Å². The quantitative estimate of drug-likeness (QED) is 0.848. The largest absolute Gasteiger partial charge is 0.467 e. The van der Waals surface area contributed by atoms with Gasteiger partial charge < -0.3 is 14.5 Å². The molecular formula is C11H12N2O3S. The molecule has 6 heteroatoms. The van der Waals surface area contributed by atoms with E-state index in [1.807, 2.05) is 0 Å². The van der Waals surface area contributed by atoms with Crippen LogP contribution in [-0.4, -0.2) is 28.6 Å². The van der Waals surface area contributed by atoms with E-state index < -0.39 is 0 Å². The zero-order chi connectivity index (χ0) is 11.8. The summed E-state index contributed by atoms with van der Waals surface area (Å²) in [5, 5.41) is 0.671. The molecule has 0 amide bonds. The summed E-state index contributed by atoms with van der Waals surface area (Å²) in [7, 11) is 0. The van der Waals surface area contributed by atoms with E-state index in [1.165, 1.54) is 11.3 Å². The lowest BCUT2D eigenvalue weighted by Gasteiger charge is -1.97. The van der Waals surface area contributed by atoms with E-state index in [0.717, 1.165) is 17.5 Å². The highest BCUT2D eigenvalue weighted by Crippen LogP contribution is 2.33. The molecule has 0 spiro atoms. The zero-order valence-electron chi connectivity index (χ0n) is 9.36. The molecule has 17 heavy (non-hydrogen) atoms. The number of hydrogen-bond acceptors (Lipinski definition) is 5. The van der Waals surface area contributed by atoms with Crippen LogP contribution in [0.2, 0.25) is 0 Å². The Morgan fingerprint density at radius 3 is 3.12 bits per heavy atom. The van der Waals surface area contributed by atoms with Crippen LogP contribution >= 0.6 is 11.3 Å². The normalized spacial score (nSPS) is 15.1. The van der Waals surface area contributed by atoms with Crippen LogP contribution in [-0.2, 0) is 4.74 Å². The van der Waals surface area contributed by atoms with Gasteiger partial charge in [-0.2, -0.15) is 4.98 Å². The van der Waals surface area contributed by atoms with Crippen molar-refractivity contribution < 1.29 is 14.3 Å². The number of aromatic amines is 1. The van der Waals surface area contributed by atoms with Crippen LogP contribution in [0.5, 0.6) is 5.19 Å². The first kappa shape index (κ1) is 10.6. The third-order valence-corrected chi connectivity index (χ3v) is 3.34. The average Bonchev–Trinajstić information content (AvgIpc) is 2.86. The summed E-state index contributed by atoms with van der Waals surface area (Å²) in [5.74, 6) is -0.345. The number of aromatic nitrogens is 2. The second-order valence-electron chi connectivity index (χ2n) is 3.91. The maximum absolute atomic E-state index is 11.5. The van der Waals surface area contributed by atoms with Crippen molar-refractivity contribution in [2.24, 2.45) is 0 Å². The molecule has 0 saturated heterocycles. The third kappa shape index (κ3) is 2.12. The molecule has 1 aliphatic carbocycles. The van der Waals surface area contributed by atoms with Gasteiger partial charge in [0.05, 0.1) is 11.3 Å². The number of carbonyl (C=O) groups excluding carboxylic acids is 1. The van der Waals surface area contributed by atoms with Crippen LogP contribution in [0.15, 0.2) is 6.07 Å². The molecular weight excluding hydrogens is 240 g/mol. The predicted molar refractivity (Wildman–Crippen MR) is 63.6 cm³/mol. The maximum Gasteiger partial charge on any atom is 0.354 e. The minimum absolute atomic E-state index is 0.342. The number of nitrogens with one attached hydrogen (secondary N) is 1. The summed E-state index contributed by atoms with van der Waals surface area (Å²) in [4.78, 5) is 18.7. The number of nitrogens with zero attached hydrogens (tertiary/aromatic N) is 1. The molecule has 1 fully saturated rings. The highest BCUT2D eigenvalue weighted by Gasteiger charge is 2.25. The molecule has 3 rings (SSSR count). The Balaban J connectivity index is 1.82. The van der Waals surface area contributed by atoms with E-state index >= 15 is 0 Å². The second kappa shape index (κ2) is 4.03. The Labute approximate surface area is 102 Å². The van der Waals surface area contributed by atoms with Gasteiger partial charge in [0, 0.05) is 0 Å². The first-order valence-corrected chi connectivity index (χ1v) is 6.41. The van der Waals surface area contributed by atoms with Crippen molar-refractivity contribution in [3.8, 4) is 5.19 Å². The third-order valence-electron chi connectivity index (χ3n) is 2.45. The molecule has 0 aliphatic heterocycles. The molecule has 2 heterocycles. The van der Waals surface area contributed by atoms with Crippen molar-refractivity contribution in [3.63, 3.8) is 0 Å². The fourth-order valence-electron chi connectivity index (χ4n) is 1.49. The van der Waals surface area contributed by atoms with Crippen molar-refractivity contribution in [1.82, 2.24) is 9.97 Å². The first-order valence-electron chi connectivity index (χ1n) is 5.59. The van der Waals surface area contributed by atoms with Crippen LogP contribution in [0, 0.1) is 0 Å². The highest BCUT2D eigenvalue weighted by atomic mass is 32.1. The van der Waals surface area contributed by atoms with E-state index in [2.05, 4.69) is 9.97 Å². The molecule has 2 aromatic heterocycles. The lowest BCUT2D eigenvalue weighted by molar-refractivity contribution is 0.0520. The molecule has 0 bridgehead atoms. The number of fused-ring (bicyclic) bond motifs is 1. The van der Waals surface area contributed by atoms with Crippen LogP contribution in [0.25, 0.3) is 10.3 Å². The summed E-state index contributed by atoms with van der Waals surface area (Å²) < 4.78 is 11.4. The number of carbonyl (C=O) groups is 1. The fraction of sp³-hybridized carbons (Fsp3) is 0.455. The van der Waals surface area contributed by atoms with Crippen LogP contribution in [0.4, 0.5) is 0 Å². The molecule has 90 valence electrons. The van der Waals surface area contributed by atoms with E-state index in [4.69, 9.17) is 9.47 Å². The van der Waals surface area contributed by atoms with Gasteiger partial charge in [0.2, 0.25) is 0 Å². The molecule has 1 N–H and O–H groups in total. The van der Waals surface area contributed by atoms with Crippen molar-refractivity contribution in [1.29, 1.82) is 0 Å². The Morgan fingerprint density at radius 2 is 2.47 bits per heavy atom. The Kier molecular flexibility index (Phi) is 2.51. The minimum Gasteiger partial charge on any atom is -0.467 e. The molecule has 5 nitrogen and oxygen atoms in total. The van der Waals surface area contributed by atoms with Crippen molar-refractivity contribution in [3.05, 3.63) is 11.8 Å². The lowest BCUT2D eigenvalue weighted by Crippen LogP contribution is -2.04. The summed E-state index contributed by atoms with van der Waals surface area (Å²) in [6.07, 6.45) is 2.57. The van der Waals surface area contributed by atoms with Gasteiger partial charge in [-0.05, 0) is 25.8 Å². The van der Waals surface area contributed by atoms with E-state index in [-0.39, 0.29) is 5.97 Å². The Hall–Kier alpha value is -1.56. The van der Waals surface area contributed by atoms with Gasteiger partial charge in [0.1, 0.15) is 11.8 Å². The molecule has 0 atom stereocenters. The number of H-pyrrole nitrogens is 1. The molecule has 0 radical (unpaired) electrons. The van der Waals surface area contributed by atoms with Gasteiger partial charge in [-0.15, -0.1) is 0 Å². The minimum atomic E-state index is -0.345. The topological polar surface area (TPSA) is 64.2 Å². The molecule has 1 aliphatic rings. The number of ether oxygens (including phenoxy) is 2. The maximum atomic E-state index is 11.5. The van der Waals surface area contributed by atoms with Crippen LogP contribution < -0.4 is 4.74 Å². The molecule has 1 saturated carbocycles. The van der Waals surface area contributed by atoms with Gasteiger partial charge in [-0.25, -0.2) is 4.79 Å². The molecule has 0 aromatic carbocycles.